The number of hydrogen-bond acceptors (Lipinski definition) is 8. The molecule has 0 spiro atoms. The van der Waals surface area contributed by atoms with Crippen LogP contribution < -0.4 is 20.0 Å². The highest BCUT2D eigenvalue weighted by molar-refractivity contribution is 6.04. The minimum atomic E-state index is -0.221. The molecule has 1 N–H and O–H groups in total. The molecule has 0 aliphatic carbocycles. The van der Waals surface area contributed by atoms with E-state index in [0.29, 0.717) is 17.2 Å². The molecule has 0 aromatic carbocycles. The Balaban J connectivity index is 1.19. The number of carbonyl (C=O) groups excluding carboxylic acids is 1. The van der Waals surface area contributed by atoms with E-state index >= 15 is 0 Å². The Kier molecular flexibility index (Phi) is 5.53. The molecule has 2 fully saturated rings. The summed E-state index contributed by atoms with van der Waals surface area (Å²) in [4.78, 5) is 37.0. The first kappa shape index (κ1) is 20.2. The number of piperazine rings is 1. The van der Waals surface area contributed by atoms with E-state index in [9.17, 15) is 4.79 Å². The summed E-state index contributed by atoms with van der Waals surface area (Å²) in [7, 11) is 0. The summed E-state index contributed by atoms with van der Waals surface area (Å²) in [5, 5.41) is 2.85. The summed E-state index contributed by atoms with van der Waals surface area (Å²) < 4.78 is 0. The first-order chi connectivity index (χ1) is 15.7. The predicted octanol–water partition coefficient (Wildman–Crippen LogP) is 2.44. The summed E-state index contributed by atoms with van der Waals surface area (Å²) in [5.74, 6) is 2.35. The van der Waals surface area contributed by atoms with E-state index in [1.165, 1.54) is 6.42 Å². The van der Waals surface area contributed by atoms with E-state index in [4.69, 9.17) is 0 Å². The largest absolute Gasteiger partial charge is 0.356 e. The molecule has 5 heterocycles. The molecule has 2 aliphatic heterocycles. The standard InChI is InChI=1S/C23H26N8O/c1-17-16-30(20-5-2-3-8-24-20)11-12-31(17)23-26-14-19(15-27-23)28-22(32)18-6-7-21(25-13-18)29-9-4-10-29/h2-3,5-8,13-15,17H,4,9-12,16H2,1H3,(H,28,32)/t17-/m0/s1. The number of carbonyl (C=O) groups is 1. The minimum absolute atomic E-state index is 0.221. The Labute approximate surface area is 187 Å². The van der Waals surface area contributed by atoms with Crippen molar-refractivity contribution < 1.29 is 4.79 Å². The van der Waals surface area contributed by atoms with Crippen molar-refractivity contribution in [3.63, 3.8) is 0 Å². The molecular formula is C23H26N8O. The van der Waals surface area contributed by atoms with E-state index in [2.05, 4.69) is 46.9 Å². The normalized spacial score (nSPS) is 18.3. The van der Waals surface area contributed by atoms with Crippen LogP contribution in [0.4, 0.5) is 23.3 Å². The highest BCUT2D eigenvalue weighted by Gasteiger charge is 2.26. The first-order valence-electron chi connectivity index (χ1n) is 10.9. The monoisotopic (exact) mass is 430 g/mol. The van der Waals surface area contributed by atoms with Crippen LogP contribution in [0.25, 0.3) is 0 Å². The summed E-state index contributed by atoms with van der Waals surface area (Å²) in [6, 6.07) is 9.89. The molecule has 9 heteroatoms. The molecule has 0 saturated carbocycles. The van der Waals surface area contributed by atoms with Crippen LogP contribution in [0, 0.1) is 0 Å². The van der Waals surface area contributed by atoms with Gasteiger partial charge in [-0.1, -0.05) is 6.07 Å². The molecule has 3 aromatic rings. The zero-order valence-corrected chi connectivity index (χ0v) is 18.1. The van der Waals surface area contributed by atoms with E-state index < -0.39 is 0 Å². The highest BCUT2D eigenvalue weighted by atomic mass is 16.1. The molecule has 1 amide bonds. The van der Waals surface area contributed by atoms with Gasteiger partial charge in [-0.25, -0.2) is 19.9 Å². The Bertz CT molecular complexity index is 1050. The molecular weight excluding hydrogens is 404 g/mol. The zero-order chi connectivity index (χ0) is 21.9. The van der Waals surface area contributed by atoms with Gasteiger partial charge in [-0.05, 0) is 37.6 Å². The van der Waals surface area contributed by atoms with Crippen LogP contribution in [0.1, 0.15) is 23.7 Å². The van der Waals surface area contributed by atoms with Crippen molar-refractivity contribution in [2.45, 2.75) is 19.4 Å². The van der Waals surface area contributed by atoms with Crippen molar-refractivity contribution in [1.82, 2.24) is 19.9 Å². The highest BCUT2D eigenvalue weighted by Crippen LogP contribution is 2.21. The van der Waals surface area contributed by atoms with Gasteiger partial charge in [0.05, 0.1) is 23.6 Å². The predicted molar refractivity (Wildman–Crippen MR) is 124 cm³/mol. The molecule has 2 saturated heterocycles. The van der Waals surface area contributed by atoms with Crippen molar-refractivity contribution in [1.29, 1.82) is 0 Å². The lowest BCUT2D eigenvalue weighted by atomic mass is 10.2. The van der Waals surface area contributed by atoms with Gasteiger partial charge in [0.1, 0.15) is 11.6 Å². The molecule has 9 nitrogen and oxygen atoms in total. The van der Waals surface area contributed by atoms with E-state index in [0.717, 1.165) is 44.4 Å². The van der Waals surface area contributed by atoms with Crippen LogP contribution >= 0.6 is 0 Å². The summed E-state index contributed by atoms with van der Waals surface area (Å²) in [5.41, 5.74) is 1.07. The van der Waals surface area contributed by atoms with Crippen LogP contribution in [0.3, 0.4) is 0 Å². The van der Waals surface area contributed by atoms with Crippen LogP contribution in [0.5, 0.6) is 0 Å². The second-order valence-electron chi connectivity index (χ2n) is 8.15. The Morgan fingerprint density at radius 1 is 0.906 bits per heavy atom. The van der Waals surface area contributed by atoms with Crippen molar-refractivity contribution in [3.05, 3.63) is 60.7 Å². The van der Waals surface area contributed by atoms with Gasteiger partial charge in [-0.3, -0.25) is 4.79 Å². The third kappa shape index (κ3) is 4.18. The van der Waals surface area contributed by atoms with Gasteiger partial charge in [-0.15, -0.1) is 0 Å². The molecule has 1 atom stereocenters. The number of nitrogens with zero attached hydrogens (tertiary/aromatic N) is 7. The van der Waals surface area contributed by atoms with Crippen LogP contribution in [0.15, 0.2) is 55.1 Å². The fourth-order valence-electron chi connectivity index (χ4n) is 3.99. The molecule has 3 aromatic heterocycles. The topological polar surface area (TPSA) is 90.4 Å². The average molecular weight is 431 g/mol. The van der Waals surface area contributed by atoms with Gasteiger partial charge in [0.2, 0.25) is 5.95 Å². The van der Waals surface area contributed by atoms with E-state index in [1.54, 1.807) is 24.7 Å². The third-order valence-corrected chi connectivity index (χ3v) is 5.94. The summed E-state index contributed by atoms with van der Waals surface area (Å²) in [6.07, 6.45) is 7.93. The maximum atomic E-state index is 12.5. The van der Waals surface area contributed by atoms with Gasteiger partial charge >= 0.3 is 0 Å². The number of aromatic nitrogens is 4. The number of amides is 1. The third-order valence-electron chi connectivity index (χ3n) is 5.94. The maximum Gasteiger partial charge on any atom is 0.257 e. The molecule has 0 bridgehead atoms. The van der Waals surface area contributed by atoms with Gasteiger partial charge in [0, 0.05) is 51.2 Å². The molecule has 164 valence electrons. The minimum Gasteiger partial charge on any atom is -0.356 e. The fraction of sp³-hybridized carbons (Fsp3) is 0.348. The molecule has 2 aliphatic rings. The number of rotatable bonds is 5. The molecule has 0 unspecified atom stereocenters. The van der Waals surface area contributed by atoms with E-state index in [1.807, 2.05) is 30.5 Å². The number of pyridine rings is 2. The van der Waals surface area contributed by atoms with Crippen LogP contribution in [-0.2, 0) is 0 Å². The Hall–Kier alpha value is -3.75. The lowest BCUT2D eigenvalue weighted by molar-refractivity contribution is 0.102. The smallest absolute Gasteiger partial charge is 0.257 e. The van der Waals surface area contributed by atoms with Gasteiger partial charge in [-0.2, -0.15) is 0 Å². The number of hydrogen-bond donors (Lipinski definition) is 1. The van der Waals surface area contributed by atoms with E-state index in [-0.39, 0.29) is 11.9 Å². The average Bonchev–Trinajstić information content (AvgIpc) is 2.80. The van der Waals surface area contributed by atoms with Crippen molar-refractivity contribution in [2.24, 2.45) is 0 Å². The fourth-order valence-corrected chi connectivity index (χ4v) is 3.99. The second-order valence-corrected chi connectivity index (χ2v) is 8.15. The van der Waals surface area contributed by atoms with Gasteiger partial charge in [0.25, 0.3) is 5.91 Å². The lowest BCUT2D eigenvalue weighted by Gasteiger charge is -2.40. The number of anilines is 4. The van der Waals surface area contributed by atoms with Gasteiger partial charge in [0.15, 0.2) is 0 Å². The SMILES string of the molecule is C[C@H]1CN(c2ccccn2)CCN1c1ncc(NC(=O)c2ccc(N3CCC3)nc2)cn1. The lowest BCUT2D eigenvalue weighted by Crippen LogP contribution is -2.53. The summed E-state index contributed by atoms with van der Waals surface area (Å²) >= 11 is 0. The second kappa shape index (κ2) is 8.78. The first-order valence-corrected chi connectivity index (χ1v) is 10.9. The molecule has 32 heavy (non-hydrogen) atoms. The Morgan fingerprint density at radius 3 is 2.34 bits per heavy atom. The summed E-state index contributed by atoms with van der Waals surface area (Å²) in [6.45, 7) is 6.71. The van der Waals surface area contributed by atoms with Gasteiger partial charge < -0.3 is 20.0 Å². The molecule has 5 rings (SSSR count). The quantitative estimate of drug-likeness (QED) is 0.660. The van der Waals surface area contributed by atoms with Crippen LogP contribution in [-0.4, -0.2) is 64.6 Å². The molecule has 0 radical (unpaired) electrons. The Morgan fingerprint density at radius 2 is 1.72 bits per heavy atom. The van der Waals surface area contributed by atoms with Crippen LogP contribution in [0.2, 0.25) is 0 Å². The maximum absolute atomic E-state index is 12.5. The van der Waals surface area contributed by atoms with Crippen molar-refractivity contribution >= 4 is 29.2 Å². The zero-order valence-electron chi connectivity index (χ0n) is 18.1. The number of nitrogens with one attached hydrogen (secondary N) is 1. The van der Waals surface area contributed by atoms with Crippen molar-refractivity contribution in [3.8, 4) is 0 Å². The van der Waals surface area contributed by atoms with Crippen molar-refractivity contribution in [2.75, 3.05) is 52.7 Å².